The van der Waals surface area contributed by atoms with Crippen molar-refractivity contribution in [3.63, 3.8) is 0 Å². The maximum atomic E-state index is 13.1. The molecule has 1 fully saturated rings. The first-order chi connectivity index (χ1) is 8.61. The fourth-order valence-corrected chi connectivity index (χ4v) is 3.40. The Labute approximate surface area is 111 Å². The van der Waals surface area contributed by atoms with Crippen LogP contribution in [0.4, 0.5) is 20.2 Å². The van der Waals surface area contributed by atoms with Crippen LogP contribution in [0.15, 0.2) is 18.2 Å². The lowest BCUT2D eigenvalue weighted by Crippen LogP contribution is -2.38. The zero-order chi connectivity index (χ0) is 13.1. The molecule has 1 unspecified atom stereocenters. The molecule has 100 valence electrons. The molecular weight excluding hydrogens is 254 g/mol. The molecule has 0 amide bonds. The number of halogens is 2. The Morgan fingerprint density at radius 2 is 2.28 bits per heavy atom. The quantitative estimate of drug-likeness (QED) is 0.853. The van der Waals surface area contributed by atoms with Crippen LogP contribution >= 0.6 is 11.8 Å². The highest BCUT2D eigenvalue weighted by Gasteiger charge is 2.23. The van der Waals surface area contributed by atoms with Crippen molar-refractivity contribution in [1.82, 2.24) is 0 Å². The monoisotopic (exact) mass is 272 g/mol. The molecule has 0 saturated carbocycles. The Morgan fingerprint density at radius 1 is 1.50 bits per heavy atom. The van der Waals surface area contributed by atoms with Crippen LogP contribution in [0, 0.1) is 0 Å². The predicted molar refractivity (Wildman–Crippen MR) is 74.6 cm³/mol. The molecule has 2 N–H and O–H groups in total. The maximum absolute atomic E-state index is 13.1. The second kappa shape index (κ2) is 5.78. The molecule has 1 aromatic carbocycles. The van der Waals surface area contributed by atoms with Gasteiger partial charge in [0.1, 0.15) is 0 Å². The van der Waals surface area contributed by atoms with Crippen LogP contribution in [0.1, 0.15) is 25.3 Å². The average Bonchev–Trinajstić information content (AvgIpc) is 2.38. The fourth-order valence-electron chi connectivity index (χ4n) is 2.22. The van der Waals surface area contributed by atoms with Gasteiger partial charge >= 0.3 is 0 Å². The molecule has 1 aliphatic rings. The first-order valence-electron chi connectivity index (χ1n) is 6.16. The Morgan fingerprint density at radius 3 is 2.94 bits per heavy atom. The van der Waals surface area contributed by atoms with Crippen LogP contribution in [0.5, 0.6) is 0 Å². The van der Waals surface area contributed by atoms with Gasteiger partial charge in [-0.1, -0.05) is 6.92 Å². The van der Waals surface area contributed by atoms with Gasteiger partial charge in [0.2, 0.25) is 0 Å². The molecule has 1 saturated heterocycles. The van der Waals surface area contributed by atoms with Crippen LogP contribution in [0.25, 0.3) is 0 Å². The fraction of sp³-hybridized carbons (Fsp3) is 0.538. The molecule has 0 aromatic heterocycles. The van der Waals surface area contributed by atoms with Crippen molar-refractivity contribution < 1.29 is 8.78 Å². The van der Waals surface area contributed by atoms with E-state index in [-0.39, 0.29) is 5.56 Å². The van der Waals surface area contributed by atoms with Gasteiger partial charge in [0, 0.05) is 41.0 Å². The highest BCUT2D eigenvalue weighted by molar-refractivity contribution is 8.00. The summed E-state index contributed by atoms with van der Waals surface area (Å²) in [5.41, 5.74) is 6.68. The molecule has 1 aromatic rings. The third-order valence-corrected chi connectivity index (χ3v) is 4.59. The summed E-state index contributed by atoms with van der Waals surface area (Å²) in [5, 5.41) is 0.529. The normalized spacial score (nSPS) is 20.4. The topological polar surface area (TPSA) is 29.3 Å². The summed E-state index contributed by atoms with van der Waals surface area (Å²) in [6, 6.07) is 4.81. The molecule has 1 heterocycles. The summed E-state index contributed by atoms with van der Waals surface area (Å²) in [7, 11) is 0. The van der Waals surface area contributed by atoms with Crippen molar-refractivity contribution in [3.8, 4) is 0 Å². The first kappa shape index (κ1) is 13.5. The molecule has 5 heteroatoms. The smallest absolute Gasteiger partial charge is 0.265 e. The number of hydrogen-bond donors (Lipinski definition) is 1. The first-order valence-corrected chi connectivity index (χ1v) is 7.20. The van der Waals surface area contributed by atoms with E-state index >= 15 is 0 Å². The number of thioether (sulfide) groups is 1. The third-order valence-electron chi connectivity index (χ3n) is 3.22. The van der Waals surface area contributed by atoms with Gasteiger partial charge in [-0.05, 0) is 24.6 Å². The highest BCUT2D eigenvalue weighted by atomic mass is 32.2. The van der Waals surface area contributed by atoms with E-state index in [4.69, 9.17) is 5.73 Å². The zero-order valence-corrected chi connectivity index (χ0v) is 11.2. The molecule has 2 rings (SSSR count). The van der Waals surface area contributed by atoms with E-state index in [1.54, 1.807) is 12.1 Å². The summed E-state index contributed by atoms with van der Waals surface area (Å²) in [4.78, 5) is 2.06. The number of nitrogens with zero attached hydrogens (tertiary/aromatic N) is 1. The average molecular weight is 272 g/mol. The third kappa shape index (κ3) is 2.88. The van der Waals surface area contributed by atoms with Crippen LogP contribution in [-0.2, 0) is 0 Å². The van der Waals surface area contributed by atoms with Gasteiger partial charge in [-0.3, -0.25) is 0 Å². The molecule has 1 aliphatic heterocycles. The number of rotatable bonds is 3. The van der Waals surface area contributed by atoms with E-state index in [2.05, 4.69) is 11.8 Å². The molecule has 0 aliphatic carbocycles. The molecule has 0 spiro atoms. The Balaban J connectivity index is 2.26. The predicted octanol–water partition coefficient (Wildman–Crippen LogP) is 3.54. The van der Waals surface area contributed by atoms with Gasteiger partial charge in [-0.2, -0.15) is 11.8 Å². The lowest BCUT2D eigenvalue weighted by atomic mass is 10.1. The minimum atomic E-state index is -2.47. The van der Waals surface area contributed by atoms with Gasteiger partial charge in [-0.25, -0.2) is 8.78 Å². The standard InChI is InChI=1S/C13H18F2N2S/c1-2-10-8-17(5-6-18-10)12-4-3-9(16)7-11(12)13(14)15/h3-4,7,10,13H,2,5-6,8,16H2,1H3. The number of benzene rings is 1. The van der Waals surface area contributed by atoms with E-state index in [1.807, 2.05) is 11.8 Å². The zero-order valence-electron chi connectivity index (χ0n) is 10.4. The van der Waals surface area contributed by atoms with Gasteiger partial charge in [0.15, 0.2) is 0 Å². The van der Waals surface area contributed by atoms with Crippen molar-refractivity contribution in [2.24, 2.45) is 0 Å². The van der Waals surface area contributed by atoms with E-state index < -0.39 is 6.43 Å². The largest absolute Gasteiger partial charge is 0.399 e. The number of nitrogen functional groups attached to an aromatic ring is 1. The SMILES string of the molecule is CCC1CN(c2ccc(N)cc2C(F)F)CCS1. The van der Waals surface area contributed by atoms with Gasteiger partial charge in [0.25, 0.3) is 6.43 Å². The van der Waals surface area contributed by atoms with Gasteiger partial charge in [0.05, 0.1) is 0 Å². The van der Waals surface area contributed by atoms with E-state index in [1.165, 1.54) is 6.07 Å². The lowest BCUT2D eigenvalue weighted by Gasteiger charge is -2.34. The van der Waals surface area contributed by atoms with Gasteiger partial charge < -0.3 is 10.6 Å². The van der Waals surface area contributed by atoms with E-state index in [9.17, 15) is 8.78 Å². The van der Waals surface area contributed by atoms with Gasteiger partial charge in [-0.15, -0.1) is 0 Å². The van der Waals surface area contributed by atoms with Crippen LogP contribution < -0.4 is 10.6 Å². The van der Waals surface area contributed by atoms with E-state index in [0.717, 1.165) is 25.3 Å². The summed E-state index contributed by atoms with van der Waals surface area (Å²) < 4.78 is 26.1. The summed E-state index contributed by atoms with van der Waals surface area (Å²) in [6.07, 6.45) is -1.40. The number of anilines is 2. The molecule has 0 radical (unpaired) electrons. The molecule has 18 heavy (non-hydrogen) atoms. The number of alkyl halides is 2. The van der Waals surface area contributed by atoms with Crippen molar-refractivity contribution >= 4 is 23.1 Å². The summed E-state index contributed by atoms with van der Waals surface area (Å²) >= 11 is 1.93. The number of hydrogen-bond acceptors (Lipinski definition) is 3. The lowest BCUT2D eigenvalue weighted by molar-refractivity contribution is 0.152. The second-order valence-electron chi connectivity index (χ2n) is 4.47. The summed E-state index contributed by atoms with van der Waals surface area (Å²) in [6.45, 7) is 3.80. The molecular formula is C13H18F2N2S. The van der Waals surface area contributed by atoms with Crippen LogP contribution in [0.3, 0.4) is 0 Å². The van der Waals surface area contributed by atoms with Crippen molar-refractivity contribution in [2.45, 2.75) is 25.0 Å². The molecule has 1 atom stereocenters. The van der Waals surface area contributed by atoms with Crippen molar-refractivity contribution in [2.75, 3.05) is 29.5 Å². The van der Waals surface area contributed by atoms with Crippen LogP contribution in [0.2, 0.25) is 0 Å². The molecule has 0 bridgehead atoms. The molecule has 2 nitrogen and oxygen atoms in total. The maximum Gasteiger partial charge on any atom is 0.265 e. The minimum absolute atomic E-state index is 0.0525. The Bertz CT molecular complexity index is 412. The van der Waals surface area contributed by atoms with Crippen molar-refractivity contribution in [1.29, 1.82) is 0 Å². The van der Waals surface area contributed by atoms with E-state index in [0.29, 0.717) is 16.6 Å². The highest BCUT2D eigenvalue weighted by Crippen LogP contribution is 2.34. The Kier molecular flexibility index (Phi) is 4.32. The Hall–Kier alpha value is -0.970. The number of nitrogens with two attached hydrogens (primary N) is 1. The second-order valence-corrected chi connectivity index (χ2v) is 5.87. The minimum Gasteiger partial charge on any atom is -0.399 e. The van der Waals surface area contributed by atoms with Crippen LogP contribution in [-0.4, -0.2) is 24.1 Å². The summed E-state index contributed by atoms with van der Waals surface area (Å²) in [5.74, 6) is 0.992. The van der Waals surface area contributed by atoms with Crippen molar-refractivity contribution in [3.05, 3.63) is 23.8 Å².